The van der Waals surface area contributed by atoms with E-state index in [2.05, 4.69) is 5.32 Å². The predicted molar refractivity (Wildman–Crippen MR) is 117 cm³/mol. The maximum Gasteiger partial charge on any atom is 0.244 e. The Hall–Kier alpha value is -3.67. The molecule has 0 spiro atoms. The summed E-state index contributed by atoms with van der Waals surface area (Å²) in [6.07, 6.45) is 3.29. The van der Waals surface area contributed by atoms with Gasteiger partial charge in [0.15, 0.2) is 11.5 Å². The summed E-state index contributed by atoms with van der Waals surface area (Å²) in [5, 5.41) is 5.02. The largest absolute Gasteiger partial charge is 0.497 e. The maximum absolute atomic E-state index is 12.3. The molecular weight excluding hydrogens is 382 g/mol. The highest BCUT2D eigenvalue weighted by Crippen LogP contribution is 2.34. The highest BCUT2D eigenvalue weighted by atomic mass is 16.5. The van der Waals surface area contributed by atoms with Crippen molar-refractivity contribution in [3.8, 4) is 23.0 Å². The van der Waals surface area contributed by atoms with Gasteiger partial charge in [0, 0.05) is 24.3 Å². The molecule has 0 fully saturated rings. The number of nitrogens with one attached hydrogen (secondary N) is 1. The van der Waals surface area contributed by atoms with Crippen molar-refractivity contribution in [2.75, 3.05) is 28.4 Å². The van der Waals surface area contributed by atoms with E-state index in [1.807, 2.05) is 36.4 Å². The van der Waals surface area contributed by atoms with Gasteiger partial charge in [-0.2, -0.15) is 0 Å². The van der Waals surface area contributed by atoms with E-state index in [1.165, 1.54) is 6.08 Å². The molecule has 3 aromatic rings. The van der Waals surface area contributed by atoms with Crippen LogP contribution < -0.4 is 24.3 Å². The molecule has 0 aliphatic heterocycles. The van der Waals surface area contributed by atoms with Gasteiger partial charge in [0.05, 0.1) is 28.4 Å². The van der Waals surface area contributed by atoms with Crippen LogP contribution >= 0.6 is 0 Å². The zero-order chi connectivity index (χ0) is 21.5. The van der Waals surface area contributed by atoms with E-state index in [0.717, 1.165) is 27.6 Å². The van der Waals surface area contributed by atoms with Crippen LogP contribution in [0.2, 0.25) is 0 Å². The van der Waals surface area contributed by atoms with E-state index >= 15 is 0 Å². The van der Waals surface area contributed by atoms with Gasteiger partial charge in [0.25, 0.3) is 0 Å². The quantitative estimate of drug-likeness (QED) is 0.567. The third-order valence-electron chi connectivity index (χ3n) is 4.74. The minimum absolute atomic E-state index is 0.207. The fraction of sp³-hybridized carbons (Fsp3) is 0.208. The molecular formula is C24H25NO5. The van der Waals surface area contributed by atoms with Crippen molar-refractivity contribution in [1.29, 1.82) is 0 Å². The Morgan fingerprint density at radius 3 is 2.17 bits per heavy atom. The summed E-state index contributed by atoms with van der Waals surface area (Å²) >= 11 is 0. The summed E-state index contributed by atoms with van der Waals surface area (Å²) in [5.41, 5.74) is 1.73. The number of methoxy groups -OCH3 is 4. The van der Waals surface area contributed by atoms with Crippen LogP contribution in [-0.4, -0.2) is 34.3 Å². The van der Waals surface area contributed by atoms with Gasteiger partial charge in [-0.3, -0.25) is 4.79 Å². The number of hydrogen-bond donors (Lipinski definition) is 1. The smallest absolute Gasteiger partial charge is 0.244 e. The molecule has 3 rings (SSSR count). The summed E-state index contributed by atoms with van der Waals surface area (Å²) in [5.74, 6) is 2.36. The third kappa shape index (κ3) is 4.84. The molecule has 0 bridgehead atoms. The highest BCUT2D eigenvalue weighted by molar-refractivity contribution is 5.93. The second-order valence-electron chi connectivity index (χ2n) is 6.54. The summed E-state index contributed by atoms with van der Waals surface area (Å²) in [6, 6.07) is 15.4. The Morgan fingerprint density at radius 1 is 0.800 bits per heavy atom. The molecule has 1 amide bonds. The first kappa shape index (κ1) is 21.0. The number of rotatable bonds is 8. The summed E-state index contributed by atoms with van der Waals surface area (Å²) in [6.45, 7) is 0.296. The number of hydrogen-bond acceptors (Lipinski definition) is 5. The third-order valence-corrected chi connectivity index (χ3v) is 4.74. The second-order valence-corrected chi connectivity index (χ2v) is 6.54. The first-order chi connectivity index (χ1) is 14.6. The van der Waals surface area contributed by atoms with Crippen molar-refractivity contribution >= 4 is 22.8 Å². The van der Waals surface area contributed by atoms with Crippen LogP contribution in [0.5, 0.6) is 23.0 Å². The first-order valence-electron chi connectivity index (χ1n) is 9.40. The minimum Gasteiger partial charge on any atom is -0.497 e. The van der Waals surface area contributed by atoms with Gasteiger partial charge in [0.2, 0.25) is 5.91 Å². The van der Waals surface area contributed by atoms with Crippen LogP contribution in [-0.2, 0) is 11.3 Å². The van der Waals surface area contributed by atoms with E-state index in [0.29, 0.717) is 23.8 Å². The molecule has 6 heteroatoms. The van der Waals surface area contributed by atoms with Crippen LogP contribution in [0, 0.1) is 0 Å². The number of carbonyl (C=O) groups is 1. The van der Waals surface area contributed by atoms with Gasteiger partial charge >= 0.3 is 0 Å². The van der Waals surface area contributed by atoms with Crippen LogP contribution in [0.25, 0.3) is 16.8 Å². The lowest BCUT2D eigenvalue weighted by Crippen LogP contribution is -2.20. The summed E-state index contributed by atoms with van der Waals surface area (Å²) < 4.78 is 21.2. The Morgan fingerprint density at radius 2 is 1.47 bits per heavy atom. The molecule has 3 aromatic carbocycles. The van der Waals surface area contributed by atoms with Crippen molar-refractivity contribution in [2.24, 2.45) is 0 Å². The van der Waals surface area contributed by atoms with Gasteiger partial charge in [-0.05, 0) is 46.7 Å². The van der Waals surface area contributed by atoms with E-state index < -0.39 is 0 Å². The van der Waals surface area contributed by atoms with Crippen molar-refractivity contribution < 1.29 is 23.7 Å². The SMILES string of the molecule is COc1ccc2cc(/C=C/C(=O)NCc3cc(OC)c(OC)cc3OC)ccc2c1. The number of benzene rings is 3. The van der Waals surface area contributed by atoms with E-state index in [4.69, 9.17) is 18.9 Å². The number of fused-ring (bicyclic) bond motifs is 1. The van der Waals surface area contributed by atoms with Gasteiger partial charge in [0.1, 0.15) is 11.5 Å². The molecule has 0 aliphatic carbocycles. The normalized spacial score (nSPS) is 10.8. The highest BCUT2D eigenvalue weighted by Gasteiger charge is 2.12. The Labute approximate surface area is 176 Å². The lowest BCUT2D eigenvalue weighted by Gasteiger charge is -2.14. The van der Waals surface area contributed by atoms with Crippen LogP contribution in [0.3, 0.4) is 0 Å². The predicted octanol–water partition coefficient (Wildman–Crippen LogP) is 4.20. The molecule has 0 saturated carbocycles. The van der Waals surface area contributed by atoms with Gasteiger partial charge in [-0.15, -0.1) is 0 Å². The Kier molecular flexibility index (Phi) is 6.80. The van der Waals surface area contributed by atoms with Crippen molar-refractivity contribution in [3.63, 3.8) is 0 Å². The zero-order valence-corrected chi connectivity index (χ0v) is 17.5. The molecule has 30 heavy (non-hydrogen) atoms. The number of amides is 1. The zero-order valence-electron chi connectivity index (χ0n) is 17.5. The minimum atomic E-state index is -0.207. The molecule has 0 unspecified atom stereocenters. The molecule has 0 aliphatic rings. The van der Waals surface area contributed by atoms with Crippen LogP contribution in [0.15, 0.2) is 54.6 Å². The van der Waals surface area contributed by atoms with Crippen LogP contribution in [0.1, 0.15) is 11.1 Å². The lowest BCUT2D eigenvalue weighted by atomic mass is 10.1. The topological polar surface area (TPSA) is 66.0 Å². The lowest BCUT2D eigenvalue weighted by molar-refractivity contribution is -0.116. The Balaban J connectivity index is 1.68. The summed E-state index contributed by atoms with van der Waals surface area (Å²) in [4.78, 5) is 12.3. The molecule has 1 N–H and O–H groups in total. The molecule has 0 saturated heterocycles. The first-order valence-corrected chi connectivity index (χ1v) is 9.40. The van der Waals surface area contributed by atoms with Crippen molar-refractivity contribution in [3.05, 3.63) is 65.7 Å². The molecule has 0 radical (unpaired) electrons. The second kappa shape index (κ2) is 9.69. The monoisotopic (exact) mass is 407 g/mol. The number of carbonyl (C=O) groups excluding carboxylic acids is 1. The van der Waals surface area contributed by atoms with E-state index in [1.54, 1.807) is 46.6 Å². The molecule has 0 heterocycles. The average molecular weight is 407 g/mol. The van der Waals surface area contributed by atoms with Crippen molar-refractivity contribution in [1.82, 2.24) is 5.32 Å². The molecule has 6 nitrogen and oxygen atoms in total. The Bertz CT molecular complexity index is 1070. The van der Waals surface area contributed by atoms with Gasteiger partial charge in [-0.25, -0.2) is 0 Å². The van der Waals surface area contributed by atoms with E-state index in [9.17, 15) is 4.79 Å². The average Bonchev–Trinajstić information content (AvgIpc) is 2.80. The molecule has 0 atom stereocenters. The van der Waals surface area contributed by atoms with Gasteiger partial charge in [-0.1, -0.05) is 18.2 Å². The van der Waals surface area contributed by atoms with Gasteiger partial charge < -0.3 is 24.3 Å². The van der Waals surface area contributed by atoms with E-state index in [-0.39, 0.29) is 5.91 Å². The fourth-order valence-corrected chi connectivity index (χ4v) is 3.12. The molecule has 156 valence electrons. The molecule has 0 aromatic heterocycles. The standard InChI is InChI=1S/C24H25NO5/c1-27-20-9-8-17-11-16(5-7-18(17)12-20)6-10-24(26)25-15-19-13-22(29-3)23(30-4)14-21(19)28-2/h5-14H,15H2,1-4H3,(H,25,26)/b10-6+. The summed E-state index contributed by atoms with van der Waals surface area (Å²) in [7, 11) is 6.35. The fourth-order valence-electron chi connectivity index (χ4n) is 3.12. The number of ether oxygens (including phenoxy) is 4. The van der Waals surface area contributed by atoms with Crippen molar-refractivity contribution in [2.45, 2.75) is 6.54 Å². The maximum atomic E-state index is 12.3. The van der Waals surface area contributed by atoms with Crippen LogP contribution in [0.4, 0.5) is 0 Å².